The average molecular weight is 259 g/mol. The fraction of sp³-hybridized carbons (Fsp3) is 0.667. The van der Waals surface area contributed by atoms with Gasteiger partial charge in [0.15, 0.2) is 0 Å². The number of aryl methyl sites for hydroxylation is 2. The molecule has 1 heteroatoms. The molecule has 0 spiro atoms. The van der Waals surface area contributed by atoms with Crippen molar-refractivity contribution < 1.29 is 0 Å². The van der Waals surface area contributed by atoms with Crippen LogP contribution in [0.2, 0.25) is 0 Å². The third-order valence-electron chi connectivity index (χ3n) is 4.45. The van der Waals surface area contributed by atoms with Crippen molar-refractivity contribution in [3.8, 4) is 0 Å². The lowest BCUT2D eigenvalue weighted by molar-refractivity contribution is 0.452. The van der Waals surface area contributed by atoms with Gasteiger partial charge in [0.1, 0.15) is 0 Å². The van der Waals surface area contributed by atoms with Crippen LogP contribution in [0, 0.1) is 0 Å². The zero-order chi connectivity index (χ0) is 13.9. The molecule has 1 N–H and O–H groups in total. The maximum atomic E-state index is 3.65. The van der Waals surface area contributed by atoms with Gasteiger partial charge in [-0.3, -0.25) is 0 Å². The van der Waals surface area contributed by atoms with E-state index < -0.39 is 0 Å². The maximum absolute atomic E-state index is 3.65. The van der Waals surface area contributed by atoms with Gasteiger partial charge in [0, 0.05) is 6.04 Å². The van der Waals surface area contributed by atoms with Gasteiger partial charge < -0.3 is 5.32 Å². The summed E-state index contributed by atoms with van der Waals surface area (Å²) in [5.41, 5.74) is 4.83. The van der Waals surface area contributed by atoms with E-state index in [1.807, 2.05) is 0 Å². The second-order valence-corrected chi connectivity index (χ2v) is 6.56. The van der Waals surface area contributed by atoms with Gasteiger partial charge in [-0.05, 0) is 60.8 Å². The highest BCUT2D eigenvalue weighted by molar-refractivity contribution is 5.37. The second-order valence-electron chi connectivity index (χ2n) is 6.56. The molecule has 19 heavy (non-hydrogen) atoms. The predicted octanol–water partition coefficient (Wildman–Crippen LogP) is 4.23. The largest absolute Gasteiger partial charge is 0.314 e. The van der Waals surface area contributed by atoms with E-state index in [9.17, 15) is 0 Å². The van der Waals surface area contributed by atoms with Crippen molar-refractivity contribution in [1.29, 1.82) is 0 Å². The lowest BCUT2D eigenvalue weighted by atomic mass is 9.77. The highest BCUT2D eigenvalue weighted by atomic mass is 14.9. The van der Waals surface area contributed by atoms with Crippen LogP contribution < -0.4 is 5.32 Å². The van der Waals surface area contributed by atoms with E-state index >= 15 is 0 Å². The highest BCUT2D eigenvalue weighted by Crippen LogP contribution is 2.31. The van der Waals surface area contributed by atoms with Crippen LogP contribution in [-0.4, -0.2) is 12.6 Å². The monoisotopic (exact) mass is 259 g/mol. The molecule has 0 amide bonds. The van der Waals surface area contributed by atoms with E-state index in [1.165, 1.54) is 30.4 Å². The summed E-state index contributed by atoms with van der Waals surface area (Å²) < 4.78 is 0. The van der Waals surface area contributed by atoms with Crippen molar-refractivity contribution in [2.75, 3.05) is 6.54 Å². The predicted molar refractivity (Wildman–Crippen MR) is 83.9 cm³/mol. The quantitative estimate of drug-likeness (QED) is 0.772. The van der Waals surface area contributed by atoms with E-state index in [0.29, 0.717) is 0 Å². The van der Waals surface area contributed by atoms with Gasteiger partial charge in [-0.1, -0.05) is 45.9 Å². The fourth-order valence-corrected chi connectivity index (χ4v) is 2.79. The van der Waals surface area contributed by atoms with Crippen LogP contribution in [0.15, 0.2) is 18.2 Å². The number of rotatable bonds is 7. The summed E-state index contributed by atoms with van der Waals surface area (Å²) in [5.74, 6) is 0. The van der Waals surface area contributed by atoms with E-state index in [2.05, 4.69) is 51.2 Å². The average Bonchev–Trinajstić information content (AvgIpc) is 3.22. The minimum atomic E-state index is 0.276. The summed E-state index contributed by atoms with van der Waals surface area (Å²) in [6, 6.07) is 7.89. The number of benzene rings is 1. The van der Waals surface area contributed by atoms with Crippen molar-refractivity contribution in [3.05, 3.63) is 34.9 Å². The molecule has 0 atom stereocenters. The Kier molecular flexibility index (Phi) is 4.67. The molecule has 0 saturated heterocycles. The number of nitrogens with one attached hydrogen (secondary N) is 1. The fourth-order valence-electron chi connectivity index (χ4n) is 2.79. The summed E-state index contributed by atoms with van der Waals surface area (Å²) in [4.78, 5) is 0. The van der Waals surface area contributed by atoms with Gasteiger partial charge in [0.2, 0.25) is 0 Å². The molecule has 1 saturated carbocycles. The van der Waals surface area contributed by atoms with Crippen LogP contribution in [0.3, 0.4) is 0 Å². The summed E-state index contributed by atoms with van der Waals surface area (Å²) in [7, 11) is 0. The van der Waals surface area contributed by atoms with Crippen molar-refractivity contribution in [1.82, 2.24) is 5.32 Å². The molecule has 0 aromatic heterocycles. The molecule has 0 bridgehead atoms. The Labute approximate surface area is 118 Å². The Morgan fingerprint density at radius 1 is 1.16 bits per heavy atom. The molecule has 1 nitrogen and oxygen atoms in total. The molecule has 1 fully saturated rings. The maximum Gasteiger partial charge on any atom is 0.00682 e. The molecular formula is C18H29N. The highest BCUT2D eigenvalue weighted by Gasteiger charge is 2.25. The minimum Gasteiger partial charge on any atom is -0.314 e. The smallest absolute Gasteiger partial charge is 0.00682 e. The third kappa shape index (κ3) is 3.82. The molecule has 1 aliphatic carbocycles. The van der Waals surface area contributed by atoms with Crippen LogP contribution in [0.25, 0.3) is 0 Å². The van der Waals surface area contributed by atoms with Gasteiger partial charge in [-0.15, -0.1) is 0 Å². The van der Waals surface area contributed by atoms with Crippen LogP contribution in [-0.2, 0) is 18.3 Å². The van der Waals surface area contributed by atoms with Gasteiger partial charge in [0.05, 0.1) is 0 Å². The molecule has 1 aromatic carbocycles. The van der Waals surface area contributed by atoms with Crippen LogP contribution in [0.4, 0.5) is 0 Å². The second kappa shape index (κ2) is 6.09. The summed E-state index contributed by atoms with van der Waals surface area (Å²) >= 11 is 0. The summed E-state index contributed by atoms with van der Waals surface area (Å²) in [5, 5.41) is 3.65. The molecule has 1 aromatic rings. The van der Waals surface area contributed by atoms with Crippen molar-refractivity contribution in [2.45, 2.75) is 71.3 Å². The van der Waals surface area contributed by atoms with Crippen molar-refractivity contribution in [2.24, 2.45) is 0 Å². The van der Waals surface area contributed by atoms with E-state index in [4.69, 9.17) is 0 Å². The normalized spacial score (nSPS) is 15.8. The van der Waals surface area contributed by atoms with Gasteiger partial charge in [0.25, 0.3) is 0 Å². The van der Waals surface area contributed by atoms with Gasteiger partial charge in [-0.25, -0.2) is 0 Å². The summed E-state index contributed by atoms with van der Waals surface area (Å²) in [6.07, 6.45) is 6.26. The van der Waals surface area contributed by atoms with Gasteiger partial charge >= 0.3 is 0 Å². The first-order valence-electron chi connectivity index (χ1n) is 7.92. The summed E-state index contributed by atoms with van der Waals surface area (Å²) in [6.45, 7) is 10.5. The van der Waals surface area contributed by atoms with E-state index in [0.717, 1.165) is 25.4 Å². The Morgan fingerprint density at radius 2 is 1.89 bits per heavy atom. The lowest BCUT2D eigenvalue weighted by Crippen LogP contribution is -2.27. The first-order valence-corrected chi connectivity index (χ1v) is 7.92. The SMILES string of the molecule is CCc1ccc(CC)c(C(C)(C)CCNC2CC2)c1. The Balaban J connectivity index is 2.10. The first-order chi connectivity index (χ1) is 9.06. The van der Waals surface area contributed by atoms with Crippen molar-refractivity contribution in [3.63, 3.8) is 0 Å². The van der Waals surface area contributed by atoms with Crippen LogP contribution >= 0.6 is 0 Å². The molecule has 0 aliphatic heterocycles. The Morgan fingerprint density at radius 3 is 2.47 bits per heavy atom. The van der Waals surface area contributed by atoms with Crippen molar-refractivity contribution >= 4 is 0 Å². The van der Waals surface area contributed by atoms with E-state index in [-0.39, 0.29) is 5.41 Å². The zero-order valence-corrected chi connectivity index (χ0v) is 13.1. The zero-order valence-electron chi connectivity index (χ0n) is 13.1. The minimum absolute atomic E-state index is 0.276. The Hall–Kier alpha value is -0.820. The molecule has 0 radical (unpaired) electrons. The number of hydrogen-bond donors (Lipinski definition) is 1. The lowest BCUT2D eigenvalue weighted by Gasteiger charge is -2.28. The van der Waals surface area contributed by atoms with E-state index in [1.54, 1.807) is 5.56 Å². The molecule has 0 unspecified atom stereocenters. The van der Waals surface area contributed by atoms with Crippen LogP contribution in [0.1, 0.15) is 63.6 Å². The molecular weight excluding hydrogens is 230 g/mol. The van der Waals surface area contributed by atoms with Gasteiger partial charge in [-0.2, -0.15) is 0 Å². The molecule has 106 valence electrons. The first kappa shape index (κ1) is 14.6. The number of hydrogen-bond acceptors (Lipinski definition) is 1. The standard InChI is InChI=1S/C18H29N/c1-5-14-7-8-15(6-2)17(13-14)18(3,4)11-12-19-16-9-10-16/h7-8,13,16,19H,5-6,9-12H2,1-4H3. The van der Waals surface area contributed by atoms with Crippen LogP contribution in [0.5, 0.6) is 0 Å². The molecule has 0 heterocycles. The molecule has 2 rings (SSSR count). The third-order valence-corrected chi connectivity index (χ3v) is 4.45. The molecule has 1 aliphatic rings. The topological polar surface area (TPSA) is 12.0 Å². The Bertz CT molecular complexity index is 416.